The molecule has 0 unspecified atom stereocenters. The number of carbonyl (C=O) groups is 1. The van der Waals surface area contributed by atoms with Gasteiger partial charge in [-0.3, -0.25) is 4.57 Å². The van der Waals surface area contributed by atoms with Crippen LogP contribution in [0.25, 0.3) is 10.9 Å². The van der Waals surface area contributed by atoms with Crippen LogP contribution in [0.2, 0.25) is 0 Å². The summed E-state index contributed by atoms with van der Waals surface area (Å²) < 4.78 is 60.0. The molecular formula is C21H14F4N4O3. The summed E-state index contributed by atoms with van der Waals surface area (Å²) >= 11 is 0. The fraction of sp³-hybridized carbons (Fsp3) is 0.0952. The number of amides is 1. The summed E-state index contributed by atoms with van der Waals surface area (Å²) in [4.78, 5) is 20.2. The number of ether oxygens (including phenoxy) is 1. The van der Waals surface area contributed by atoms with Crippen LogP contribution < -0.4 is 10.1 Å². The van der Waals surface area contributed by atoms with Gasteiger partial charge in [-0.2, -0.15) is 13.2 Å². The molecule has 0 saturated carbocycles. The maximum atomic E-state index is 14.9. The van der Waals surface area contributed by atoms with Gasteiger partial charge in [-0.25, -0.2) is 19.2 Å². The first kappa shape index (κ1) is 21.2. The lowest BCUT2D eigenvalue weighted by Gasteiger charge is -2.11. The number of aliphatic hydroxyl groups is 1. The highest BCUT2D eigenvalue weighted by atomic mass is 19.4. The summed E-state index contributed by atoms with van der Waals surface area (Å²) in [5.74, 6) is -0.919. The standard InChI is InChI=1S/C21H14F4N4O3/c22-19-15-6-7-29(20(31)28-13-3-1-2-12(8-13)21(23,24)25)16(15)4-5-17(19)32-18-9-14(10-30)26-11-27-18/h1-9,11,30H,10H2,(H,28,31). The number of aliphatic hydroxyl groups excluding tert-OH is 1. The third-order valence-corrected chi connectivity index (χ3v) is 4.51. The van der Waals surface area contributed by atoms with Gasteiger partial charge in [0.1, 0.15) is 6.33 Å². The van der Waals surface area contributed by atoms with E-state index in [1.165, 1.54) is 42.6 Å². The molecule has 32 heavy (non-hydrogen) atoms. The van der Waals surface area contributed by atoms with Gasteiger partial charge in [0.05, 0.1) is 23.4 Å². The monoisotopic (exact) mass is 446 g/mol. The van der Waals surface area contributed by atoms with Crippen molar-refractivity contribution in [2.45, 2.75) is 12.8 Å². The number of nitrogens with one attached hydrogen (secondary N) is 1. The number of halogens is 4. The molecule has 164 valence electrons. The van der Waals surface area contributed by atoms with E-state index in [0.29, 0.717) is 0 Å². The van der Waals surface area contributed by atoms with E-state index in [4.69, 9.17) is 9.84 Å². The van der Waals surface area contributed by atoms with Crippen molar-refractivity contribution in [3.8, 4) is 11.6 Å². The Morgan fingerprint density at radius 1 is 1.12 bits per heavy atom. The molecule has 0 aliphatic carbocycles. The molecule has 0 radical (unpaired) electrons. The quantitative estimate of drug-likeness (QED) is 0.433. The van der Waals surface area contributed by atoms with Crippen LogP contribution in [0.3, 0.4) is 0 Å². The Balaban J connectivity index is 1.60. The van der Waals surface area contributed by atoms with E-state index in [2.05, 4.69) is 15.3 Å². The minimum atomic E-state index is -4.55. The maximum Gasteiger partial charge on any atom is 0.416 e. The molecule has 11 heteroatoms. The third kappa shape index (κ3) is 4.23. The minimum absolute atomic E-state index is 0.0176. The van der Waals surface area contributed by atoms with Gasteiger partial charge in [0.25, 0.3) is 0 Å². The van der Waals surface area contributed by atoms with Crippen LogP contribution in [0, 0.1) is 5.82 Å². The van der Waals surface area contributed by atoms with Crippen LogP contribution in [0.1, 0.15) is 11.3 Å². The molecular weight excluding hydrogens is 432 g/mol. The van der Waals surface area contributed by atoms with Crippen molar-refractivity contribution < 1.29 is 32.2 Å². The number of benzene rings is 2. The number of fused-ring (bicyclic) bond motifs is 1. The van der Waals surface area contributed by atoms with Gasteiger partial charge in [0, 0.05) is 23.3 Å². The molecule has 0 bridgehead atoms. The average Bonchev–Trinajstić information content (AvgIpc) is 3.20. The number of alkyl halides is 3. The van der Waals surface area contributed by atoms with Crippen molar-refractivity contribution in [2.75, 3.05) is 5.32 Å². The number of aromatic nitrogens is 3. The predicted octanol–water partition coefficient (Wildman–Crippen LogP) is 4.95. The fourth-order valence-electron chi connectivity index (χ4n) is 3.01. The molecule has 2 aromatic heterocycles. The van der Waals surface area contributed by atoms with Gasteiger partial charge >= 0.3 is 12.2 Å². The summed E-state index contributed by atoms with van der Waals surface area (Å²) in [6.07, 6.45) is -2.11. The zero-order valence-corrected chi connectivity index (χ0v) is 16.1. The second kappa shape index (κ2) is 8.27. The van der Waals surface area contributed by atoms with Crippen LogP contribution in [-0.2, 0) is 12.8 Å². The molecule has 4 aromatic rings. The van der Waals surface area contributed by atoms with Crippen molar-refractivity contribution in [1.29, 1.82) is 0 Å². The van der Waals surface area contributed by atoms with Crippen LogP contribution in [0.15, 0.2) is 61.1 Å². The van der Waals surface area contributed by atoms with Crippen LogP contribution in [-0.4, -0.2) is 25.7 Å². The second-order valence-corrected chi connectivity index (χ2v) is 6.61. The largest absolute Gasteiger partial charge is 0.436 e. The van der Waals surface area contributed by atoms with Gasteiger partial charge in [-0.05, 0) is 36.4 Å². The smallest absolute Gasteiger partial charge is 0.416 e. The Morgan fingerprint density at radius 3 is 2.69 bits per heavy atom. The van der Waals surface area contributed by atoms with E-state index in [9.17, 15) is 22.4 Å². The van der Waals surface area contributed by atoms with Gasteiger partial charge in [-0.15, -0.1) is 0 Å². The highest BCUT2D eigenvalue weighted by Gasteiger charge is 2.30. The van der Waals surface area contributed by atoms with Crippen molar-refractivity contribution in [1.82, 2.24) is 14.5 Å². The SMILES string of the molecule is O=C(Nc1cccc(C(F)(F)F)c1)n1ccc2c(F)c(Oc3cc(CO)ncn3)ccc21. The van der Waals surface area contributed by atoms with E-state index in [0.717, 1.165) is 23.0 Å². The summed E-state index contributed by atoms with van der Waals surface area (Å²) in [7, 11) is 0. The lowest BCUT2D eigenvalue weighted by atomic mass is 10.2. The van der Waals surface area contributed by atoms with Gasteiger partial charge in [-0.1, -0.05) is 6.07 Å². The lowest BCUT2D eigenvalue weighted by molar-refractivity contribution is -0.137. The fourth-order valence-corrected chi connectivity index (χ4v) is 3.01. The van der Waals surface area contributed by atoms with Crippen molar-refractivity contribution >= 4 is 22.6 Å². The number of hydrogen-bond donors (Lipinski definition) is 2. The predicted molar refractivity (Wildman–Crippen MR) is 106 cm³/mol. The average molecular weight is 446 g/mol. The summed E-state index contributed by atoms with van der Waals surface area (Å²) in [6.45, 7) is -0.343. The Hall–Kier alpha value is -3.99. The van der Waals surface area contributed by atoms with Gasteiger partial charge < -0.3 is 15.2 Å². The topological polar surface area (TPSA) is 89.3 Å². The lowest BCUT2D eigenvalue weighted by Crippen LogP contribution is -2.19. The van der Waals surface area contributed by atoms with Crippen LogP contribution in [0.5, 0.6) is 11.6 Å². The molecule has 2 aromatic carbocycles. The van der Waals surface area contributed by atoms with E-state index >= 15 is 0 Å². The second-order valence-electron chi connectivity index (χ2n) is 6.61. The Kier molecular flexibility index (Phi) is 5.49. The molecule has 0 saturated heterocycles. The number of nitrogens with zero attached hydrogens (tertiary/aromatic N) is 3. The van der Waals surface area contributed by atoms with Gasteiger partial charge in [0.2, 0.25) is 5.88 Å². The number of hydrogen-bond acceptors (Lipinski definition) is 5. The number of carbonyl (C=O) groups excluding carboxylic acids is 1. The molecule has 0 aliphatic rings. The Morgan fingerprint density at radius 2 is 1.94 bits per heavy atom. The molecule has 0 fully saturated rings. The first-order chi connectivity index (χ1) is 15.3. The highest BCUT2D eigenvalue weighted by Crippen LogP contribution is 2.32. The number of anilines is 1. The minimum Gasteiger partial charge on any atom is -0.436 e. The van der Waals surface area contributed by atoms with Crippen LogP contribution in [0.4, 0.5) is 28.0 Å². The zero-order chi connectivity index (χ0) is 22.9. The van der Waals surface area contributed by atoms with E-state index in [-0.39, 0.29) is 40.5 Å². The molecule has 4 rings (SSSR count). The Bertz CT molecular complexity index is 1300. The molecule has 2 heterocycles. The molecule has 1 amide bonds. The zero-order valence-electron chi connectivity index (χ0n) is 16.1. The summed E-state index contributed by atoms with van der Waals surface area (Å²) in [5.41, 5.74) is -0.503. The third-order valence-electron chi connectivity index (χ3n) is 4.51. The van der Waals surface area contributed by atoms with Crippen molar-refractivity contribution in [2.24, 2.45) is 0 Å². The summed E-state index contributed by atoms with van der Waals surface area (Å²) in [5, 5.41) is 11.5. The van der Waals surface area contributed by atoms with Crippen molar-refractivity contribution in [3.63, 3.8) is 0 Å². The van der Waals surface area contributed by atoms with Gasteiger partial charge in [0.15, 0.2) is 11.6 Å². The van der Waals surface area contributed by atoms with E-state index < -0.39 is 23.6 Å². The highest BCUT2D eigenvalue weighted by molar-refractivity contribution is 5.99. The maximum absolute atomic E-state index is 14.9. The number of rotatable bonds is 4. The Labute approximate surface area is 177 Å². The van der Waals surface area contributed by atoms with E-state index in [1.54, 1.807) is 0 Å². The summed E-state index contributed by atoms with van der Waals surface area (Å²) in [6, 6.07) is 8.80. The molecule has 0 aliphatic heterocycles. The first-order valence-corrected chi connectivity index (χ1v) is 9.14. The molecule has 7 nitrogen and oxygen atoms in total. The molecule has 2 N–H and O–H groups in total. The van der Waals surface area contributed by atoms with E-state index in [1.807, 2.05) is 0 Å². The molecule has 0 spiro atoms. The van der Waals surface area contributed by atoms with Crippen molar-refractivity contribution in [3.05, 3.63) is 78.1 Å². The van der Waals surface area contributed by atoms with Crippen LogP contribution >= 0.6 is 0 Å². The first-order valence-electron chi connectivity index (χ1n) is 9.14. The molecule has 0 atom stereocenters. The normalized spacial score (nSPS) is 11.5.